The van der Waals surface area contributed by atoms with Crippen molar-refractivity contribution in [2.24, 2.45) is 0 Å². The molecule has 156 valence electrons. The summed E-state index contributed by atoms with van der Waals surface area (Å²) in [6, 6.07) is 12.8. The summed E-state index contributed by atoms with van der Waals surface area (Å²) in [7, 11) is -1.90. The third-order valence-electron chi connectivity index (χ3n) is 5.24. The van der Waals surface area contributed by atoms with E-state index in [9.17, 15) is 13.2 Å². The van der Waals surface area contributed by atoms with Gasteiger partial charge in [0.15, 0.2) is 6.10 Å². The molecule has 0 bridgehead atoms. The monoisotopic (exact) mass is 416 g/mol. The van der Waals surface area contributed by atoms with Crippen LogP contribution in [0.25, 0.3) is 0 Å². The van der Waals surface area contributed by atoms with Gasteiger partial charge in [-0.2, -0.15) is 0 Å². The van der Waals surface area contributed by atoms with E-state index in [0.29, 0.717) is 23.5 Å². The van der Waals surface area contributed by atoms with E-state index in [4.69, 9.17) is 4.74 Å². The molecule has 1 atom stereocenters. The van der Waals surface area contributed by atoms with Gasteiger partial charge in [-0.15, -0.1) is 0 Å². The van der Waals surface area contributed by atoms with Crippen LogP contribution in [0.3, 0.4) is 0 Å². The molecule has 0 heterocycles. The Labute approximate surface area is 172 Å². The first kappa shape index (κ1) is 21.2. The first-order valence-electron chi connectivity index (χ1n) is 9.91. The first-order valence-corrected chi connectivity index (χ1v) is 11.8. The Kier molecular flexibility index (Phi) is 6.47. The molecule has 6 nitrogen and oxygen atoms in total. The van der Waals surface area contributed by atoms with Crippen LogP contribution < -0.4 is 14.4 Å². The van der Waals surface area contributed by atoms with Gasteiger partial charge < -0.3 is 10.1 Å². The van der Waals surface area contributed by atoms with E-state index < -0.39 is 16.1 Å². The Morgan fingerprint density at radius 1 is 1.14 bits per heavy atom. The van der Waals surface area contributed by atoms with Crippen LogP contribution in [0.2, 0.25) is 0 Å². The van der Waals surface area contributed by atoms with Crippen LogP contribution in [-0.2, 0) is 27.7 Å². The first-order chi connectivity index (χ1) is 13.8. The molecule has 1 aliphatic rings. The highest BCUT2D eigenvalue weighted by molar-refractivity contribution is 7.92. The van der Waals surface area contributed by atoms with Crippen molar-refractivity contribution < 1.29 is 17.9 Å². The second-order valence-corrected chi connectivity index (χ2v) is 9.44. The minimum absolute atomic E-state index is 0.260. The minimum atomic E-state index is -3.37. The Bertz CT molecular complexity index is 988. The van der Waals surface area contributed by atoms with Crippen LogP contribution in [0.1, 0.15) is 37.3 Å². The van der Waals surface area contributed by atoms with Crippen molar-refractivity contribution in [2.45, 2.75) is 45.1 Å². The number of nitrogens with zero attached hydrogens (tertiary/aromatic N) is 1. The van der Waals surface area contributed by atoms with Crippen molar-refractivity contribution in [2.75, 3.05) is 22.9 Å². The molecule has 0 spiro atoms. The van der Waals surface area contributed by atoms with Gasteiger partial charge in [-0.1, -0.05) is 19.1 Å². The van der Waals surface area contributed by atoms with Crippen LogP contribution in [0, 0.1) is 0 Å². The summed E-state index contributed by atoms with van der Waals surface area (Å²) in [5, 5.41) is 2.84. The molecule has 0 aromatic heterocycles. The fraction of sp³-hybridized carbons (Fsp3) is 0.409. The van der Waals surface area contributed by atoms with Crippen molar-refractivity contribution in [1.29, 1.82) is 0 Å². The molecule has 2 aromatic carbocycles. The highest BCUT2D eigenvalue weighted by Crippen LogP contribution is 2.26. The van der Waals surface area contributed by atoms with E-state index in [0.717, 1.165) is 19.1 Å². The standard InChI is InChI=1S/C22H28N2O4S/c1-4-21(28-20-13-12-16-8-5-6-9-17(16)14-20)22(25)23-18-10-7-11-19(15-18)24(2)29(3,26)27/h7,10-15,21H,4-6,8-9H2,1-3H3,(H,23,25)/t21-/m1/s1. The number of carbonyl (C=O) groups is 1. The van der Waals surface area contributed by atoms with E-state index >= 15 is 0 Å². The number of amides is 1. The number of anilines is 2. The maximum atomic E-state index is 12.7. The number of rotatable bonds is 7. The zero-order chi connectivity index (χ0) is 21.0. The summed E-state index contributed by atoms with van der Waals surface area (Å²) in [6.45, 7) is 1.90. The lowest BCUT2D eigenvalue weighted by Gasteiger charge is -2.21. The lowest BCUT2D eigenvalue weighted by Crippen LogP contribution is -2.32. The molecule has 3 rings (SSSR count). The van der Waals surface area contributed by atoms with Crippen LogP contribution in [0.4, 0.5) is 11.4 Å². The molecule has 1 amide bonds. The molecule has 0 unspecified atom stereocenters. The Balaban J connectivity index is 1.70. The number of hydrogen-bond acceptors (Lipinski definition) is 4. The Morgan fingerprint density at radius 3 is 2.55 bits per heavy atom. The largest absolute Gasteiger partial charge is 0.481 e. The maximum absolute atomic E-state index is 12.7. The van der Waals surface area contributed by atoms with Gasteiger partial charge in [0.05, 0.1) is 11.9 Å². The van der Waals surface area contributed by atoms with Crippen molar-refractivity contribution in [3.05, 3.63) is 53.6 Å². The van der Waals surface area contributed by atoms with Crippen molar-refractivity contribution in [1.82, 2.24) is 0 Å². The quantitative estimate of drug-likeness (QED) is 0.746. The topological polar surface area (TPSA) is 75.7 Å². The second-order valence-electron chi connectivity index (χ2n) is 7.42. The SMILES string of the molecule is CC[C@@H](Oc1ccc2c(c1)CCCC2)C(=O)Nc1cccc(N(C)S(C)(=O)=O)c1. The van der Waals surface area contributed by atoms with Crippen molar-refractivity contribution >= 4 is 27.3 Å². The Hall–Kier alpha value is -2.54. The maximum Gasteiger partial charge on any atom is 0.265 e. The van der Waals surface area contributed by atoms with Gasteiger partial charge in [-0.3, -0.25) is 9.10 Å². The zero-order valence-corrected chi connectivity index (χ0v) is 18.0. The lowest BCUT2D eigenvalue weighted by atomic mass is 9.92. The van der Waals surface area contributed by atoms with E-state index in [1.165, 1.54) is 35.3 Å². The third kappa shape index (κ3) is 5.29. The van der Waals surface area contributed by atoms with Crippen LogP contribution in [0.15, 0.2) is 42.5 Å². The Morgan fingerprint density at radius 2 is 1.86 bits per heavy atom. The molecule has 1 aliphatic carbocycles. The zero-order valence-electron chi connectivity index (χ0n) is 17.1. The number of sulfonamides is 1. The van der Waals surface area contributed by atoms with Crippen LogP contribution >= 0.6 is 0 Å². The van der Waals surface area contributed by atoms with Crippen molar-refractivity contribution in [3.63, 3.8) is 0 Å². The number of carbonyl (C=O) groups excluding carboxylic acids is 1. The summed E-state index contributed by atoms with van der Waals surface area (Å²) in [4.78, 5) is 12.7. The fourth-order valence-electron chi connectivity index (χ4n) is 3.46. The van der Waals surface area contributed by atoms with E-state index in [1.54, 1.807) is 24.3 Å². The number of nitrogens with one attached hydrogen (secondary N) is 1. The molecule has 0 saturated heterocycles. The van der Waals surface area contributed by atoms with Crippen molar-refractivity contribution in [3.8, 4) is 5.75 Å². The second kappa shape index (κ2) is 8.86. The molecular formula is C22H28N2O4S. The number of benzene rings is 2. The molecule has 1 N–H and O–H groups in total. The molecule has 7 heteroatoms. The highest BCUT2D eigenvalue weighted by atomic mass is 32.2. The number of hydrogen-bond donors (Lipinski definition) is 1. The third-order valence-corrected chi connectivity index (χ3v) is 6.44. The van der Waals surface area contributed by atoms with Gasteiger partial charge in [0.2, 0.25) is 10.0 Å². The van der Waals surface area contributed by atoms with Gasteiger partial charge in [0, 0.05) is 12.7 Å². The minimum Gasteiger partial charge on any atom is -0.481 e. The average Bonchev–Trinajstić information content (AvgIpc) is 2.70. The summed E-state index contributed by atoms with van der Waals surface area (Å²) in [5.41, 5.74) is 3.68. The van der Waals surface area contributed by atoms with E-state index in [-0.39, 0.29) is 5.91 Å². The molecule has 0 saturated carbocycles. The summed E-state index contributed by atoms with van der Waals surface area (Å²) in [5.74, 6) is 0.447. The smallest absolute Gasteiger partial charge is 0.265 e. The number of aryl methyl sites for hydroxylation is 2. The van der Waals surface area contributed by atoms with E-state index in [1.807, 2.05) is 19.1 Å². The average molecular weight is 417 g/mol. The van der Waals surface area contributed by atoms with Gasteiger partial charge in [-0.05, 0) is 73.6 Å². The fourth-order valence-corrected chi connectivity index (χ4v) is 3.96. The molecule has 0 fully saturated rings. The number of ether oxygens (including phenoxy) is 1. The predicted molar refractivity (Wildman–Crippen MR) is 116 cm³/mol. The van der Waals surface area contributed by atoms with Gasteiger partial charge >= 0.3 is 0 Å². The predicted octanol–water partition coefficient (Wildman–Crippen LogP) is 3.76. The molecule has 29 heavy (non-hydrogen) atoms. The lowest BCUT2D eigenvalue weighted by molar-refractivity contribution is -0.122. The molecule has 2 aromatic rings. The van der Waals surface area contributed by atoms with Gasteiger partial charge in [0.1, 0.15) is 5.75 Å². The van der Waals surface area contributed by atoms with Gasteiger partial charge in [0.25, 0.3) is 5.91 Å². The molecule has 0 aliphatic heterocycles. The summed E-state index contributed by atoms with van der Waals surface area (Å²) >= 11 is 0. The summed E-state index contributed by atoms with van der Waals surface area (Å²) < 4.78 is 30.6. The van der Waals surface area contributed by atoms with E-state index in [2.05, 4.69) is 11.4 Å². The summed E-state index contributed by atoms with van der Waals surface area (Å²) in [6.07, 6.45) is 5.59. The molecule has 0 radical (unpaired) electrons. The van der Waals surface area contributed by atoms with Gasteiger partial charge in [-0.25, -0.2) is 8.42 Å². The molecular weight excluding hydrogens is 388 g/mol. The highest BCUT2D eigenvalue weighted by Gasteiger charge is 2.20. The van der Waals surface area contributed by atoms with Crippen LogP contribution in [0.5, 0.6) is 5.75 Å². The van der Waals surface area contributed by atoms with Crippen LogP contribution in [-0.4, -0.2) is 33.7 Å². The normalized spacial score (nSPS) is 14.6. The number of fused-ring (bicyclic) bond motifs is 1.